The van der Waals surface area contributed by atoms with Crippen molar-refractivity contribution in [1.29, 1.82) is 5.26 Å². The Labute approximate surface area is 192 Å². The summed E-state index contributed by atoms with van der Waals surface area (Å²) in [5.74, 6) is -0.434. The maximum atomic E-state index is 13.6. The van der Waals surface area contributed by atoms with Crippen molar-refractivity contribution in [3.8, 4) is 11.8 Å². The molecule has 1 aromatic carbocycles. The van der Waals surface area contributed by atoms with Gasteiger partial charge >= 0.3 is 0 Å². The van der Waals surface area contributed by atoms with E-state index in [1.165, 1.54) is 0 Å². The average molecular weight is 461 g/mol. The summed E-state index contributed by atoms with van der Waals surface area (Å²) in [5, 5.41) is 10.4. The van der Waals surface area contributed by atoms with Crippen molar-refractivity contribution < 1.29 is 4.74 Å². The summed E-state index contributed by atoms with van der Waals surface area (Å²) in [6, 6.07) is 9.04. The van der Waals surface area contributed by atoms with Gasteiger partial charge in [-0.3, -0.25) is 4.79 Å². The highest BCUT2D eigenvalue weighted by molar-refractivity contribution is 6.42. The van der Waals surface area contributed by atoms with Crippen LogP contribution >= 0.6 is 23.2 Å². The van der Waals surface area contributed by atoms with Crippen molar-refractivity contribution in [3.05, 3.63) is 72.9 Å². The molecular formula is C23H26Cl2N4O2. The van der Waals surface area contributed by atoms with Crippen LogP contribution in [0.1, 0.15) is 43.0 Å². The van der Waals surface area contributed by atoms with Crippen molar-refractivity contribution >= 4 is 23.2 Å². The summed E-state index contributed by atoms with van der Waals surface area (Å²) in [7, 11) is 0. The van der Waals surface area contributed by atoms with Crippen LogP contribution in [0.25, 0.3) is 0 Å². The van der Waals surface area contributed by atoms with Crippen LogP contribution in [0.2, 0.25) is 10.0 Å². The number of pyridine rings is 1. The molecule has 2 N–H and O–H groups in total. The van der Waals surface area contributed by atoms with E-state index in [9.17, 15) is 10.1 Å². The molecule has 3 rings (SSSR count). The standard InChI is InChI=1S/C23H26Cl2N4O2/c1-4-28(5-2)10-7-11-29-14(3)12-18-20(23(29)30)19(16(13-26)22(27)31-18)15-8-6-9-17(24)21(15)25/h6,8-9,12,19H,4-5,7,10-11,27H2,1-3H3/t19-/m1/s1. The minimum absolute atomic E-state index is 0.0332. The van der Waals surface area contributed by atoms with Gasteiger partial charge in [0.1, 0.15) is 17.4 Å². The number of halogens is 2. The number of nitrogens with zero attached hydrogens (tertiary/aromatic N) is 3. The van der Waals surface area contributed by atoms with E-state index in [1.54, 1.807) is 28.8 Å². The maximum Gasteiger partial charge on any atom is 0.258 e. The highest BCUT2D eigenvalue weighted by Crippen LogP contribution is 2.44. The smallest absolute Gasteiger partial charge is 0.258 e. The minimum atomic E-state index is -0.748. The van der Waals surface area contributed by atoms with Crippen LogP contribution < -0.4 is 16.0 Å². The minimum Gasteiger partial charge on any atom is -0.440 e. The molecular weight excluding hydrogens is 435 g/mol. The lowest BCUT2D eigenvalue weighted by atomic mass is 9.84. The molecule has 1 aromatic heterocycles. The Kier molecular flexibility index (Phi) is 7.32. The van der Waals surface area contributed by atoms with Gasteiger partial charge in [-0.15, -0.1) is 0 Å². The largest absolute Gasteiger partial charge is 0.440 e. The molecule has 1 aliphatic heterocycles. The number of ether oxygens (including phenoxy) is 1. The van der Waals surface area contributed by atoms with Gasteiger partial charge in [0.15, 0.2) is 0 Å². The topological polar surface area (TPSA) is 84.3 Å². The number of hydrogen-bond acceptors (Lipinski definition) is 5. The molecule has 0 saturated heterocycles. The van der Waals surface area contributed by atoms with Crippen LogP contribution in [0.15, 0.2) is 40.5 Å². The Bertz CT molecular complexity index is 1110. The van der Waals surface area contributed by atoms with Crippen molar-refractivity contribution in [2.45, 2.75) is 39.7 Å². The van der Waals surface area contributed by atoms with Crippen molar-refractivity contribution in [3.63, 3.8) is 0 Å². The van der Waals surface area contributed by atoms with Crippen molar-refractivity contribution in [2.24, 2.45) is 5.73 Å². The molecule has 164 valence electrons. The van der Waals surface area contributed by atoms with E-state index in [0.717, 1.165) is 31.7 Å². The van der Waals surface area contributed by atoms with Gasteiger partial charge in [-0.25, -0.2) is 0 Å². The number of hydrogen-bond donors (Lipinski definition) is 1. The quantitative estimate of drug-likeness (QED) is 0.660. The number of aromatic nitrogens is 1. The highest BCUT2D eigenvalue weighted by Gasteiger charge is 2.35. The fourth-order valence-electron chi connectivity index (χ4n) is 4.01. The third-order valence-electron chi connectivity index (χ3n) is 5.73. The first kappa shape index (κ1) is 23.2. The number of benzene rings is 1. The Morgan fingerprint density at radius 1 is 1.29 bits per heavy atom. The number of nitrogens with two attached hydrogens (primary N) is 1. The molecule has 1 aliphatic rings. The van der Waals surface area contributed by atoms with E-state index in [4.69, 9.17) is 33.7 Å². The van der Waals surface area contributed by atoms with E-state index >= 15 is 0 Å². The van der Waals surface area contributed by atoms with Gasteiger partial charge in [0.05, 0.1) is 21.5 Å². The summed E-state index contributed by atoms with van der Waals surface area (Å²) in [6.07, 6.45) is 0.827. The summed E-state index contributed by atoms with van der Waals surface area (Å²) in [5.41, 5.74) is 7.65. The summed E-state index contributed by atoms with van der Waals surface area (Å²) in [6.45, 7) is 9.50. The van der Waals surface area contributed by atoms with E-state index in [2.05, 4.69) is 24.8 Å². The molecule has 0 radical (unpaired) electrons. The second-order valence-corrected chi connectivity index (χ2v) is 8.25. The normalized spacial score (nSPS) is 15.6. The van der Waals surface area contributed by atoms with Gasteiger partial charge in [0.2, 0.25) is 5.88 Å². The monoisotopic (exact) mass is 460 g/mol. The van der Waals surface area contributed by atoms with Gasteiger partial charge in [0, 0.05) is 18.3 Å². The zero-order valence-corrected chi connectivity index (χ0v) is 19.4. The fourth-order valence-corrected chi connectivity index (χ4v) is 4.43. The molecule has 0 aliphatic carbocycles. The van der Waals surface area contributed by atoms with Crippen LogP contribution in [-0.4, -0.2) is 29.1 Å². The third-order valence-corrected chi connectivity index (χ3v) is 6.57. The number of aryl methyl sites for hydroxylation is 1. The predicted octanol–water partition coefficient (Wildman–Crippen LogP) is 4.41. The molecule has 0 spiro atoms. The van der Waals surface area contributed by atoms with Crippen LogP contribution in [-0.2, 0) is 6.54 Å². The molecule has 0 fully saturated rings. The molecule has 1 atom stereocenters. The van der Waals surface area contributed by atoms with Crippen LogP contribution in [0.3, 0.4) is 0 Å². The average Bonchev–Trinajstić information content (AvgIpc) is 2.74. The number of rotatable bonds is 7. The summed E-state index contributed by atoms with van der Waals surface area (Å²) >= 11 is 12.7. The molecule has 6 nitrogen and oxygen atoms in total. The second-order valence-electron chi connectivity index (χ2n) is 7.47. The lowest BCUT2D eigenvalue weighted by Crippen LogP contribution is -2.33. The SMILES string of the molecule is CCN(CC)CCCn1c(C)cc2c(c1=O)[C@H](c1cccc(Cl)c1Cl)C(C#N)=C(N)O2. The predicted molar refractivity (Wildman–Crippen MR) is 124 cm³/mol. The van der Waals surface area contributed by atoms with Crippen molar-refractivity contribution in [2.75, 3.05) is 19.6 Å². The van der Waals surface area contributed by atoms with E-state index < -0.39 is 5.92 Å². The first-order valence-electron chi connectivity index (χ1n) is 10.3. The van der Waals surface area contributed by atoms with E-state index in [-0.39, 0.29) is 22.0 Å². The lowest BCUT2D eigenvalue weighted by molar-refractivity contribution is 0.292. The molecule has 2 heterocycles. The molecule has 0 bridgehead atoms. The Morgan fingerprint density at radius 2 is 2.00 bits per heavy atom. The first-order valence-corrected chi connectivity index (χ1v) is 11.1. The van der Waals surface area contributed by atoms with E-state index in [1.807, 2.05) is 6.92 Å². The summed E-state index contributed by atoms with van der Waals surface area (Å²) < 4.78 is 7.42. The van der Waals surface area contributed by atoms with Gasteiger partial charge in [-0.2, -0.15) is 5.26 Å². The van der Waals surface area contributed by atoms with Gasteiger partial charge in [-0.1, -0.05) is 49.2 Å². The first-order chi connectivity index (χ1) is 14.8. The zero-order valence-electron chi connectivity index (χ0n) is 17.9. The Morgan fingerprint density at radius 3 is 2.65 bits per heavy atom. The molecule has 0 saturated carbocycles. The molecule has 2 aromatic rings. The highest BCUT2D eigenvalue weighted by atomic mass is 35.5. The van der Waals surface area contributed by atoms with Gasteiger partial charge < -0.3 is 19.9 Å². The Hall–Kier alpha value is -2.46. The van der Waals surface area contributed by atoms with Gasteiger partial charge in [0.25, 0.3) is 5.56 Å². The van der Waals surface area contributed by atoms with Crippen molar-refractivity contribution in [1.82, 2.24) is 9.47 Å². The van der Waals surface area contributed by atoms with Crippen LogP contribution in [0, 0.1) is 18.3 Å². The van der Waals surface area contributed by atoms with Gasteiger partial charge in [-0.05, 0) is 44.6 Å². The molecule has 0 unspecified atom stereocenters. The maximum absolute atomic E-state index is 13.6. The van der Waals surface area contributed by atoms with Crippen LogP contribution in [0.4, 0.5) is 0 Å². The number of nitriles is 1. The second kappa shape index (κ2) is 9.78. The fraction of sp³-hybridized carbons (Fsp3) is 0.391. The summed E-state index contributed by atoms with van der Waals surface area (Å²) in [4.78, 5) is 15.9. The molecule has 0 amide bonds. The lowest BCUT2D eigenvalue weighted by Gasteiger charge is -2.28. The van der Waals surface area contributed by atoms with Crippen LogP contribution in [0.5, 0.6) is 5.75 Å². The zero-order chi connectivity index (χ0) is 22.7. The number of fused-ring (bicyclic) bond motifs is 1. The molecule has 31 heavy (non-hydrogen) atoms. The third kappa shape index (κ3) is 4.45. The van der Waals surface area contributed by atoms with E-state index in [0.29, 0.717) is 28.4 Å². The number of allylic oxidation sites excluding steroid dienone is 1. The molecule has 8 heteroatoms. The Balaban J connectivity index is 2.12.